The van der Waals surface area contributed by atoms with Crippen LogP contribution in [0.3, 0.4) is 0 Å². The number of aliphatic hydroxyl groups excluding tert-OH is 1. The number of nitrogen functional groups attached to an aromatic ring is 1. The van der Waals surface area contributed by atoms with Gasteiger partial charge in [0.1, 0.15) is 0 Å². The number of benzene rings is 3. The summed E-state index contributed by atoms with van der Waals surface area (Å²) < 4.78 is 60.6. The van der Waals surface area contributed by atoms with Crippen LogP contribution in [0.25, 0.3) is 10.8 Å². The normalized spacial score (nSPS) is 11.0. The van der Waals surface area contributed by atoms with Crippen LogP contribution in [0, 0.1) is 6.92 Å². The van der Waals surface area contributed by atoms with Gasteiger partial charge in [0.05, 0.1) is 9.79 Å². The summed E-state index contributed by atoms with van der Waals surface area (Å²) >= 11 is 0. The largest absolute Gasteiger partial charge is 0.400 e. The molecule has 0 radical (unpaired) electrons. The van der Waals surface area contributed by atoms with Gasteiger partial charge in [0.2, 0.25) is 0 Å². The van der Waals surface area contributed by atoms with Gasteiger partial charge >= 0.3 is 0 Å². The van der Waals surface area contributed by atoms with Crippen LogP contribution >= 0.6 is 0 Å². The fourth-order valence-corrected chi connectivity index (χ4v) is 3.56. The van der Waals surface area contributed by atoms with E-state index in [1.165, 1.54) is 30.3 Å². The van der Waals surface area contributed by atoms with E-state index in [9.17, 15) is 16.8 Å². The predicted molar refractivity (Wildman–Crippen MR) is 107 cm³/mol. The molecule has 0 saturated heterocycles. The van der Waals surface area contributed by atoms with Crippen LogP contribution in [-0.2, 0) is 20.2 Å². The third kappa shape index (κ3) is 6.59. The second-order valence-corrected chi connectivity index (χ2v) is 8.30. The van der Waals surface area contributed by atoms with Crippen LogP contribution in [0.15, 0.2) is 70.5 Å². The standard InChI is InChI=1S/C11H10O3S.C6H7NO3S.CH4O/c1-8-6-9-4-2-3-5-10(9)7-11(8)15(12,13)14;7-5-2-1-3-6(4-5)11(8,9)10;1-2/h2-7H,1H3,(H,12,13,14);1-4H,7H2,(H,8,9,10);2H,1H3. The zero-order valence-corrected chi connectivity index (χ0v) is 16.8. The molecule has 3 rings (SSSR count). The number of aryl methyl sites for hydroxylation is 1. The molecule has 152 valence electrons. The zero-order chi connectivity index (χ0) is 21.5. The highest BCUT2D eigenvalue weighted by Gasteiger charge is 2.13. The molecule has 0 amide bonds. The Morgan fingerprint density at radius 3 is 1.71 bits per heavy atom. The molecule has 0 spiro atoms. The number of hydrogen-bond acceptors (Lipinski definition) is 6. The summed E-state index contributed by atoms with van der Waals surface area (Å²) in [7, 11) is -7.23. The van der Waals surface area contributed by atoms with E-state index in [1.54, 1.807) is 13.0 Å². The summed E-state index contributed by atoms with van der Waals surface area (Å²) in [6.07, 6.45) is 0. The minimum Gasteiger partial charge on any atom is -0.400 e. The van der Waals surface area contributed by atoms with E-state index in [0.717, 1.165) is 17.9 Å². The molecule has 28 heavy (non-hydrogen) atoms. The van der Waals surface area contributed by atoms with Gasteiger partial charge in [-0.3, -0.25) is 9.11 Å². The molecule has 0 aliphatic carbocycles. The summed E-state index contributed by atoms with van der Waals surface area (Å²) in [5.41, 5.74) is 6.14. The summed E-state index contributed by atoms with van der Waals surface area (Å²) in [5, 5.41) is 8.76. The van der Waals surface area contributed by atoms with Crippen molar-refractivity contribution in [1.82, 2.24) is 0 Å². The minimum absolute atomic E-state index is 0.0267. The van der Waals surface area contributed by atoms with Gasteiger partial charge in [-0.2, -0.15) is 16.8 Å². The SMILES string of the molecule is CO.Cc1cc2ccccc2cc1S(=O)(=O)O.Nc1cccc(S(=O)(=O)O)c1. The summed E-state index contributed by atoms with van der Waals surface area (Å²) in [4.78, 5) is -0.210. The number of rotatable bonds is 2. The van der Waals surface area contributed by atoms with E-state index in [4.69, 9.17) is 19.9 Å². The van der Waals surface area contributed by atoms with Crippen LogP contribution in [0.2, 0.25) is 0 Å². The first-order valence-electron chi connectivity index (χ1n) is 7.73. The highest BCUT2D eigenvalue weighted by Crippen LogP contribution is 2.22. The molecule has 0 aliphatic rings. The molecule has 0 fully saturated rings. The lowest BCUT2D eigenvalue weighted by molar-refractivity contribution is 0.399. The van der Waals surface area contributed by atoms with E-state index in [2.05, 4.69) is 0 Å². The van der Waals surface area contributed by atoms with Gasteiger partial charge in [0.15, 0.2) is 0 Å². The highest BCUT2D eigenvalue weighted by atomic mass is 32.2. The van der Waals surface area contributed by atoms with Gasteiger partial charge in [-0.25, -0.2) is 0 Å². The molecule has 10 heteroatoms. The van der Waals surface area contributed by atoms with E-state index in [-0.39, 0.29) is 9.79 Å². The Labute approximate surface area is 163 Å². The molecule has 5 N–H and O–H groups in total. The van der Waals surface area contributed by atoms with Crippen molar-refractivity contribution < 1.29 is 31.0 Å². The smallest absolute Gasteiger partial charge is 0.294 e. The first-order chi connectivity index (χ1) is 13.0. The van der Waals surface area contributed by atoms with Crippen molar-refractivity contribution in [2.75, 3.05) is 12.8 Å². The molecule has 0 bridgehead atoms. The average molecular weight is 428 g/mol. The quantitative estimate of drug-likeness (QED) is 0.359. The first kappa shape index (κ1) is 23.5. The van der Waals surface area contributed by atoms with Crippen molar-refractivity contribution in [1.29, 1.82) is 0 Å². The fraction of sp³-hybridized carbons (Fsp3) is 0.111. The number of aliphatic hydroxyl groups is 1. The van der Waals surface area contributed by atoms with Gasteiger partial charge in [-0.1, -0.05) is 36.4 Å². The molecular weight excluding hydrogens is 406 g/mol. The van der Waals surface area contributed by atoms with Gasteiger partial charge in [-0.05, 0) is 47.5 Å². The van der Waals surface area contributed by atoms with Crippen molar-refractivity contribution in [3.8, 4) is 0 Å². The van der Waals surface area contributed by atoms with Crippen molar-refractivity contribution in [2.24, 2.45) is 0 Å². The molecule has 0 atom stereocenters. The molecule has 3 aromatic carbocycles. The van der Waals surface area contributed by atoms with Crippen LogP contribution in [0.5, 0.6) is 0 Å². The predicted octanol–water partition coefficient (Wildman–Crippen LogP) is 2.52. The van der Waals surface area contributed by atoms with E-state index in [0.29, 0.717) is 11.3 Å². The third-order valence-electron chi connectivity index (χ3n) is 3.48. The lowest BCUT2D eigenvalue weighted by Crippen LogP contribution is -2.00. The Hall–Kier alpha value is -2.50. The Morgan fingerprint density at radius 2 is 1.29 bits per heavy atom. The maximum atomic E-state index is 11.1. The highest BCUT2D eigenvalue weighted by molar-refractivity contribution is 7.86. The van der Waals surface area contributed by atoms with Gasteiger partial charge in [0.25, 0.3) is 20.2 Å². The summed E-state index contributed by atoms with van der Waals surface area (Å²) in [5.74, 6) is 0. The summed E-state index contributed by atoms with van der Waals surface area (Å²) in [6, 6.07) is 16.1. The van der Waals surface area contributed by atoms with Gasteiger partial charge in [0, 0.05) is 12.8 Å². The number of hydrogen-bond donors (Lipinski definition) is 4. The van der Waals surface area contributed by atoms with Crippen molar-refractivity contribution in [3.63, 3.8) is 0 Å². The monoisotopic (exact) mass is 427 g/mol. The molecular formula is C18H21NO7S2. The maximum absolute atomic E-state index is 11.1. The van der Waals surface area contributed by atoms with Crippen LogP contribution in [0.1, 0.15) is 5.56 Å². The molecule has 0 aliphatic heterocycles. The van der Waals surface area contributed by atoms with Crippen molar-refractivity contribution >= 4 is 36.7 Å². The Kier molecular flexibility index (Phi) is 8.09. The average Bonchev–Trinajstić information content (AvgIpc) is 2.62. The van der Waals surface area contributed by atoms with E-state index in [1.807, 2.05) is 24.3 Å². The second-order valence-electron chi connectivity index (χ2n) is 5.49. The second kappa shape index (κ2) is 9.62. The Morgan fingerprint density at radius 1 is 0.750 bits per heavy atom. The van der Waals surface area contributed by atoms with Crippen molar-refractivity contribution in [3.05, 3.63) is 66.2 Å². The molecule has 0 heterocycles. The van der Waals surface area contributed by atoms with Crippen molar-refractivity contribution in [2.45, 2.75) is 16.7 Å². The number of anilines is 1. The maximum Gasteiger partial charge on any atom is 0.294 e. The lowest BCUT2D eigenvalue weighted by atomic mass is 10.1. The van der Waals surface area contributed by atoms with Gasteiger partial charge < -0.3 is 10.8 Å². The minimum atomic E-state index is -4.12. The molecule has 0 saturated carbocycles. The van der Waals surface area contributed by atoms with E-state index < -0.39 is 20.2 Å². The Bertz CT molecular complexity index is 1160. The van der Waals surface area contributed by atoms with Crippen LogP contribution in [0.4, 0.5) is 5.69 Å². The Balaban J connectivity index is 0.000000268. The molecule has 8 nitrogen and oxygen atoms in total. The van der Waals surface area contributed by atoms with Crippen LogP contribution < -0.4 is 5.73 Å². The number of nitrogens with two attached hydrogens (primary N) is 1. The molecule has 3 aromatic rings. The molecule has 0 aromatic heterocycles. The third-order valence-corrected chi connectivity index (χ3v) is 5.32. The lowest BCUT2D eigenvalue weighted by Gasteiger charge is -2.04. The zero-order valence-electron chi connectivity index (χ0n) is 15.1. The number of fused-ring (bicyclic) bond motifs is 1. The molecule has 0 unspecified atom stereocenters. The van der Waals surface area contributed by atoms with Gasteiger partial charge in [-0.15, -0.1) is 0 Å². The first-order valence-corrected chi connectivity index (χ1v) is 10.6. The summed E-state index contributed by atoms with van der Waals surface area (Å²) in [6.45, 7) is 1.66. The van der Waals surface area contributed by atoms with Crippen LogP contribution in [-0.4, -0.2) is 38.2 Å². The fourth-order valence-electron chi connectivity index (χ4n) is 2.29. The topological polar surface area (TPSA) is 155 Å². The van der Waals surface area contributed by atoms with E-state index >= 15 is 0 Å².